The number of benzene rings is 1. The summed E-state index contributed by atoms with van der Waals surface area (Å²) >= 11 is 0. The number of fused-ring (bicyclic) bond motifs is 1. The maximum atomic E-state index is 12.8. The maximum Gasteiger partial charge on any atom is 0.243 e. The zero-order valence-corrected chi connectivity index (χ0v) is 17.5. The minimum Gasteiger partial charge on any atom is -0.356 e. The molecular weight excluding hydrogens is 364 g/mol. The van der Waals surface area contributed by atoms with Gasteiger partial charge in [0, 0.05) is 39.0 Å². The lowest BCUT2D eigenvalue weighted by atomic mass is 10.2. The number of aryl methyl sites for hydroxylation is 2. The van der Waals surface area contributed by atoms with Crippen molar-refractivity contribution < 1.29 is 13.2 Å². The molecule has 0 bridgehead atoms. The highest BCUT2D eigenvalue weighted by molar-refractivity contribution is 7.89. The zero-order valence-electron chi connectivity index (χ0n) is 16.7. The van der Waals surface area contributed by atoms with Crippen molar-refractivity contribution >= 4 is 27.0 Å². The average molecular weight is 395 g/mol. The summed E-state index contributed by atoms with van der Waals surface area (Å²) in [5, 5.41) is 2.87. The maximum absolute atomic E-state index is 12.8. The second kappa shape index (κ2) is 9.32. The summed E-state index contributed by atoms with van der Waals surface area (Å²) in [6, 6.07) is 5.08. The third kappa shape index (κ3) is 4.68. The van der Waals surface area contributed by atoms with Crippen LogP contribution in [0.25, 0.3) is 11.0 Å². The van der Waals surface area contributed by atoms with E-state index in [1.165, 1.54) is 4.31 Å². The number of carbonyl (C=O) groups is 1. The molecule has 0 fully saturated rings. The van der Waals surface area contributed by atoms with E-state index < -0.39 is 10.0 Å². The fraction of sp³-hybridized carbons (Fsp3) is 0.579. The molecule has 0 aliphatic rings. The van der Waals surface area contributed by atoms with Crippen LogP contribution in [0.15, 0.2) is 23.1 Å². The Morgan fingerprint density at radius 3 is 2.48 bits per heavy atom. The molecule has 0 saturated carbocycles. The number of nitrogens with zero attached hydrogens (tertiary/aromatic N) is 3. The molecule has 1 aromatic carbocycles. The largest absolute Gasteiger partial charge is 0.356 e. The minimum absolute atomic E-state index is 0.0105. The highest BCUT2D eigenvalue weighted by Gasteiger charge is 2.23. The van der Waals surface area contributed by atoms with Crippen molar-refractivity contribution in [2.75, 3.05) is 19.6 Å². The van der Waals surface area contributed by atoms with Crippen LogP contribution in [0.4, 0.5) is 0 Å². The predicted molar refractivity (Wildman–Crippen MR) is 107 cm³/mol. The van der Waals surface area contributed by atoms with Gasteiger partial charge in [-0.1, -0.05) is 20.8 Å². The summed E-state index contributed by atoms with van der Waals surface area (Å²) in [5.41, 5.74) is 1.54. The molecule has 0 aliphatic carbocycles. The second-order valence-corrected chi connectivity index (χ2v) is 8.30. The van der Waals surface area contributed by atoms with Crippen molar-refractivity contribution in [3.63, 3.8) is 0 Å². The Hall–Kier alpha value is -1.93. The smallest absolute Gasteiger partial charge is 0.243 e. The molecule has 8 heteroatoms. The fourth-order valence-corrected chi connectivity index (χ4v) is 4.63. The van der Waals surface area contributed by atoms with Gasteiger partial charge in [-0.25, -0.2) is 13.4 Å². The van der Waals surface area contributed by atoms with Crippen LogP contribution in [0.3, 0.4) is 0 Å². The van der Waals surface area contributed by atoms with E-state index in [1.54, 1.807) is 12.1 Å². The van der Waals surface area contributed by atoms with Crippen LogP contribution in [-0.4, -0.2) is 47.8 Å². The molecule has 27 heavy (non-hydrogen) atoms. The van der Waals surface area contributed by atoms with Gasteiger partial charge >= 0.3 is 0 Å². The summed E-state index contributed by atoms with van der Waals surface area (Å²) in [6.07, 6.45) is 1.80. The van der Waals surface area contributed by atoms with Gasteiger partial charge in [-0.3, -0.25) is 4.79 Å². The van der Waals surface area contributed by atoms with Crippen LogP contribution < -0.4 is 5.32 Å². The Balaban J connectivity index is 2.33. The van der Waals surface area contributed by atoms with E-state index >= 15 is 0 Å². The van der Waals surface area contributed by atoms with Crippen molar-refractivity contribution in [1.82, 2.24) is 19.2 Å². The summed E-state index contributed by atoms with van der Waals surface area (Å²) in [4.78, 5) is 16.8. The Labute approximate surface area is 161 Å². The van der Waals surface area contributed by atoms with Crippen LogP contribution in [0.1, 0.15) is 46.4 Å². The minimum atomic E-state index is -3.52. The Bertz CT molecular complexity index is 886. The molecule has 1 aromatic heterocycles. The number of nitrogens with one attached hydrogen (secondary N) is 1. The number of carbonyl (C=O) groups excluding carboxylic acids is 1. The molecule has 2 aromatic rings. The molecule has 1 heterocycles. The van der Waals surface area contributed by atoms with E-state index in [-0.39, 0.29) is 10.8 Å². The van der Waals surface area contributed by atoms with Crippen LogP contribution in [0.5, 0.6) is 0 Å². The highest BCUT2D eigenvalue weighted by Crippen LogP contribution is 2.23. The number of sulfonamides is 1. The molecule has 0 spiro atoms. The van der Waals surface area contributed by atoms with E-state index in [0.717, 1.165) is 17.8 Å². The standard InChI is InChI=1S/C19H30N4O3S/c1-5-13-20-19(24)12-11-18-21-16-14-15(9-10-17(16)23(18)8-4)27(25,26)22(6-2)7-3/h9-10,14H,5-8,11-13H2,1-4H3,(H,20,24). The molecular formula is C19H30N4O3S. The third-order valence-corrected chi connectivity index (χ3v) is 6.65. The summed E-state index contributed by atoms with van der Waals surface area (Å²) in [7, 11) is -3.52. The first kappa shape index (κ1) is 21.4. The van der Waals surface area contributed by atoms with Gasteiger partial charge in [0.1, 0.15) is 5.82 Å². The Morgan fingerprint density at radius 2 is 1.89 bits per heavy atom. The van der Waals surface area contributed by atoms with Crippen LogP contribution in [-0.2, 0) is 27.8 Å². The quantitative estimate of drug-likeness (QED) is 0.671. The number of imidazole rings is 1. The number of hydrogen-bond acceptors (Lipinski definition) is 4. The van der Waals surface area contributed by atoms with Gasteiger partial charge in [-0.15, -0.1) is 0 Å². The summed E-state index contributed by atoms with van der Waals surface area (Å²) in [6.45, 7) is 9.93. The summed E-state index contributed by atoms with van der Waals surface area (Å²) in [5.74, 6) is 0.813. The fourth-order valence-electron chi connectivity index (χ4n) is 3.15. The van der Waals surface area contributed by atoms with Gasteiger partial charge in [0.2, 0.25) is 15.9 Å². The molecule has 1 N–H and O–H groups in total. The monoisotopic (exact) mass is 394 g/mol. The van der Waals surface area contributed by atoms with Crippen LogP contribution in [0, 0.1) is 0 Å². The molecule has 2 rings (SSSR count). The molecule has 0 unspecified atom stereocenters. The van der Waals surface area contributed by atoms with Crippen molar-refractivity contribution in [2.24, 2.45) is 0 Å². The van der Waals surface area contributed by atoms with Gasteiger partial charge in [0.25, 0.3) is 0 Å². The van der Waals surface area contributed by atoms with Crippen molar-refractivity contribution in [3.8, 4) is 0 Å². The SMILES string of the molecule is CCCNC(=O)CCc1nc2cc(S(=O)(=O)N(CC)CC)ccc2n1CC. The number of aromatic nitrogens is 2. The Morgan fingerprint density at radius 1 is 1.19 bits per heavy atom. The predicted octanol–water partition coefficient (Wildman–Crippen LogP) is 2.55. The number of rotatable bonds is 10. The van der Waals surface area contributed by atoms with Gasteiger partial charge in [0.05, 0.1) is 15.9 Å². The topological polar surface area (TPSA) is 84.3 Å². The van der Waals surface area contributed by atoms with E-state index in [4.69, 9.17) is 0 Å². The number of hydrogen-bond donors (Lipinski definition) is 1. The normalized spacial score (nSPS) is 12.0. The van der Waals surface area contributed by atoms with Gasteiger partial charge in [-0.05, 0) is 31.5 Å². The van der Waals surface area contributed by atoms with E-state index in [2.05, 4.69) is 10.3 Å². The zero-order chi connectivity index (χ0) is 20.0. The lowest BCUT2D eigenvalue weighted by Crippen LogP contribution is -2.30. The molecule has 0 atom stereocenters. The van der Waals surface area contributed by atoms with Crippen molar-refractivity contribution in [1.29, 1.82) is 0 Å². The van der Waals surface area contributed by atoms with E-state index in [9.17, 15) is 13.2 Å². The van der Waals surface area contributed by atoms with E-state index in [1.807, 2.05) is 38.3 Å². The average Bonchev–Trinajstić information content (AvgIpc) is 3.02. The first-order valence-corrected chi connectivity index (χ1v) is 11.1. The molecule has 0 aliphatic heterocycles. The van der Waals surface area contributed by atoms with Crippen LogP contribution in [0.2, 0.25) is 0 Å². The van der Waals surface area contributed by atoms with Crippen molar-refractivity contribution in [2.45, 2.75) is 58.4 Å². The lowest BCUT2D eigenvalue weighted by Gasteiger charge is -2.18. The van der Waals surface area contributed by atoms with Gasteiger partial charge < -0.3 is 9.88 Å². The molecule has 7 nitrogen and oxygen atoms in total. The molecule has 0 radical (unpaired) electrons. The Kier molecular flexibility index (Phi) is 7.38. The summed E-state index contributed by atoms with van der Waals surface area (Å²) < 4.78 is 29.0. The van der Waals surface area contributed by atoms with Gasteiger partial charge in [0.15, 0.2) is 0 Å². The first-order valence-electron chi connectivity index (χ1n) is 9.64. The molecule has 1 amide bonds. The van der Waals surface area contributed by atoms with Crippen molar-refractivity contribution in [3.05, 3.63) is 24.0 Å². The lowest BCUT2D eigenvalue weighted by molar-refractivity contribution is -0.121. The number of amides is 1. The molecule has 0 saturated heterocycles. The third-order valence-electron chi connectivity index (χ3n) is 4.61. The van der Waals surface area contributed by atoms with Gasteiger partial charge in [-0.2, -0.15) is 4.31 Å². The van der Waals surface area contributed by atoms with E-state index in [0.29, 0.717) is 44.5 Å². The first-order chi connectivity index (χ1) is 12.9. The van der Waals surface area contributed by atoms with Crippen LogP contribution >= 0.6 is 0 Å². The second-order valence-electron chi connectivity index (χ2n) is 6.36. The molecule has 150 valence electrons. The highest BCUT2D eigenvalue weighted by atomic mass is 32.2.